The van der Waals surface area contributed by atoms with Gasteiger partial charge < -0.3 is 5.32 Å². The number of nitrogens with one attached hydrogen (secondary N) is 1. The number of amides is 1. The van der Waals surface area contributed by atoms with E-state index < -0.39 is 5.92 Å². The van der Waals surface area contributed by atoms with Gasteiger partial charge in [0, 0.05) is 24.8 Å². The molecule has 2 nitrogen and oxygen atoms in total. The van der Waals surface area contributed by atoms with Crippen molar-refractivity contribution in [2.75, 3.05) is 0 Å². The Bertz CT molecular complexity index is 310. The van der Waals surface area contributed by atoms with Crippen LogP contribution in [-0.4, -0.2) is 17.9 Å². The van der Waals surface area contributed by atoms with Crippen LogP contribution < -0.4 is 5.32 Å². The molecule has 0 saturated heterocycles. The second-order valence-corrected chi connectivity index (χ2v) is 6.81. The van der Waals surface area contributed by atoms with Crippen molar-refractivity contribution in [3.63, 3.8) is 0 Å². The lowest BCUT2D eigenvalue weighted by Gasteiger charge is -2.31. The highest BCUT2D eigenvalue weighted by Crippen LogP contribution is 2.34. The molecule has 0 heterocycles. The Morgan fingerprint density at radius 3 is 2.24 bits per heavy atom. The van der Waals surface area contributed by atoms with E-state index in [2.05, 4.69) is 26.1 Å². The Kier molecular flexibility index (Phi) is 7.61. The molecule has 124 valence electrons. The number of halogens is 2. The molecule has 2 aliphatic carbocycles. The zero-order valence-corrected chi connectivity index (χ0v) is 13.8. The maximum atomic E-state index is 13.0. The second kappa shape index (κ2) is 8.70. The average Bonchev–Trinajstić information content (AvgIpc) is 2.42. The predicted molar refractivity (Wildman–Crippen MR) is 82.4 cm³/mol. The minimum absolute atomic E-state index is 0.0330. The molecule has 0 aromatic heterocycles. The van der Waals surface area contributed by atoms with Crippen molar-refractivity contribution in [3.05, 3.63) is 0 Å². The van der Waals surface area contributed by atoms with E-state index in [9.17, 15) is 13.6 Å². The highest BCUT2D eigenvalue weighted by atomic mass is 19.3. The third-order valence-electron chi connectivity index (χ3n) is 4.37. The van der Waals surface area contributed by atoms with Gasteiger partial charge in [0.2, 0.25) is 11.8 Å². The van der Waals surface area contributed by atoms with Crippen molar-refractivity contribution < 1.29 is 13.6 Å². The van der Waals surface area contributed by atoms with E-state index in [-0.39, 0.29) is 30.7 Å². The Morgan fingerprint density at radius 2 is 1.71 bits per heavy atom. The topological polar surface area (TPSA) is 29.1 Å². The molecule has 2 aliphatic rings. The summed E-state index contributed by atoms with van der Waals surface area (Å²) in [5.74, 6) is -1.70. The van der Waals surface area contributed by atoms with Crippen LogP contribution in [0, 0.1) is 11.8 Å². The third-order valence-corrected chi connectivity index (χ3v) is 4.37. The van der Waals surface area contributed by atoms with Crippen LogP contribution in [-0.2, 0) is 4.79 Å². The Balaban J connectivity index is 0.000000677. The molecule has 1 amide bonds. The molecule has 2 unspecified atom stereocenters. The molecule has 4 heteroatoms. The van der Waals surface area contributed by atoms with Gasteiger partial charge in [0.1, 0.15) is 0 Å². The molecule has 0 spiro atoms. The van der Waals surface area contributed by atoms with Crippen molar-refractivity contribution in [1.82, 2.24) is 5.32 Å². The van der Waals surface area contributed by atoms with Crippen LogP contribution >= 0.6 is 0 Å². The average molecular weight is 303 g/mol. The summed E-state index contributed by atoms with van der Waals surface area (Å²) < 4.78 is 26.0. The molecule has 2 saturated carbocycles. The van der Waals surface area contributed by atoms with Gasteiger partial charge in [0.25, 0.3) is 0 Å². The molecule has 21 heavy (non-hydrogen) atoms. The normalized spacial score (nSPS) is 29.2. The van der Waals surface area contributed by atoms with Gasteiger partial charge in [-0.3, -0.25) is 4.79 Å². The van der Waals surface area contributed by atoms with Crippen LogP contribution in [0.5, 0.6) is 0 Å². The minimum Gasteiger partial charge on any atom is -0.353 e. The number of carbonyl (C=O) groups is 1. The van der Waals surface area contributed by atoms with Gasteiger partial charge in [-0.1, -0.05) is 40.0 Å². The molecule has 2 fully saturated rings. The standard InChI is InChI=1S/C14H23F2NO.C3H8/c1-10-3-2-4-11(9-10)13(18)17-12-5-7-14(15,16)8-6-12;1-3-2/h10-12H,2-9H2,1H3,(H,17,18);3H2,1-2H3. The van der Waals surface area contributed by atoms with E-state index in [0.717, 1.165) is 19.3 Å². The summed E-state index contributed by atoms with van der Waals surface area (Å²) in [5.41, 5.74) is 0. The highest BCUT2D eigenvalue weighted by Gasteiger charge is 2.36. The van der Waals surface area contributed by atoms with E-state index in [0.29, 0.717) is 18.8 Å². The predicted octanol–water partition coefficient (Wildman–Crippen LogP) is 4.92. The van der Waals surface area contributed by atoms with E-state index in [1.807, 2.05) is 0 Å². The fourth-order valence-electron chi connectivity index (χ4n) is 3.18. The zero-order valence-electron chi connectivity index (χ0n) is 13.8. The lowest BCUT2D eigenvalue weighted by atomic mass is 9.81. The number of hydrogen-bond donors (Lipinski definition) is 1. The third kappa shape index (κ3) is 6.75. The molecule has 2 atom stereocenters. The van der Waals surface area contributed by atoms with Crippen LogP contribution in [0.1, 0.15) is 78.6 Å². The number of carbonyl (C=O) groups excluding carboxylic acids is 1. The zero-order chi connectivity index (χ0) is 15.9. The van der Waals surface area contributed by atoms with E-state index >= 15 is 0 Å². The first-order valence-corrected chi connectivity index (χ1v) is 8.56. The van der Waals surface area contributed by atoms with Crippen LogP contribution in [0.4, 0.5) is 8.78 Å². The maximum absolute atomic E-state index is 13.0. The Hall–Kier alpha value is -0.670. The second-order valence-electron chi connectivity index (χ2n) is 6.81. The first-order valence-electron chi connectivity index (χ1n) is 8.56. The van der Waals surface area contributed by atoms with Gasteiger partial charge in [-0.15, -0.1) is 0 Å². The fraction of sp³-hybridized carbons (Fsp3) is 0.941. The molecular weight excluding hydrogens is 272 g/mol. The van der Waals surface area contributed by atoms with E-state index in [1.165, 1.54) is 12.8 Å². The first-order chi connectivity index (χ1) is 9.88. The SMILES string of the molecule is CC1CCCC(C(=O)NC2CCC(F)(F)CC2)C1.CCC. The summed E-state index contributed by atoms with van der Waals surface area (Å²) in [5, 5.41) is 2.97. The summed E-state index contributed by atoms with van der Waals surface area (Å²) in [7, 11) is 0. The smallest absolute Gasteiger partial charge is 0.248 e. The summed E-state index contributed by atoms with van der Waals surface area (Å²) in [6, 6.07) is -0.0330. The monoisotopic (exact) mass is 303 g/mol. The van der Waals surface area contributed by atoms with Crippen LogP contribution in [0.3, 0.4) is 0 Å². The maximum Gasteiger partial charge on any atom is 0.248 e. The van der Waals surface area contributed by atoms with Crippen molar-refractivity contribution >= 4 is 5.91 Å². The van der Waals surface area contributed by atoms with Crippen molar-refractivity contribution in [1.29, 1.82) is 0 Å². The van der Waals surface area contributed by atoms with Gasteiger partial charge in [0.15, 0.2) is 0 Å². The van der Waals surface area contributed by atoms with Crippen molar-refractivity contribution in [2.45, 2.75) is 90.5 Å². The van der Waals surface area contributed by atoms with Gasteiger partial charge in [-0.2, -0.15) is 0 Å². The van der Waals surface area contributed by atoms with Gasteiger partial charge in [-0.25, -0.2) is 8.78 Å². The van der Waals surface area contributed by atoms with Gasteiger partial charge in [-0.05, 0) is 31.6 Å². The molecule has 0 aromatic carbocycles. The first kappa shape index (κ1) is 18.4. The number of rotatable bonds is 2. The Morgan fingerprint density at radius 1 is 1.14 bits per heavy atom. The van der Waals surface area contributed by atoms with Crippen molar-refractivity contribution in [2.24, 2.45) is 11.8 Å². The summed E-state index contributed by atoms with van der Waals surface area (Å²) in [6.45, 7) is 6.43. The fourth-order valence-corrected chi connectivity index (χ4v) is 3.18. The summed E-state index contributed by atoms with van der Waals surface area (Å²) >= 11 is 0. The molecule has 0 radical (unpaired) electrons. The minimum atomic E-state index is -2.51. The van der Waals surface area contributed by atoms with Crippen molar-refractivity contribution in [3.8, 4) is 0 Å². The summed E-state index contributed by atoms with van der Waals surface area (Å²) in [6.07, 6.45) is 6.15. The largest absolute Gasteiger partial charge is 0.353 e. The quantitative estimate of drug-likeness (QED) is 0.770. The highest BCUT2D eigenvalue weighted by molar-refractivity contribution is 5.79. The lowest BCUT2D eigenvalue weighted by Crippen LogP contribution is -2.43. The molecule has 1 N–H and O–H groups in total. The van der Waals surface area contributed by atoms with Crippen LogP contribution in [0.25, 0.3) is 0 Å². The van der Waals surface area contributed by atoms with Gasteiger partial charge >= 0.3 is 0 Å². The lowest BCUT2D eigenvalue weighted by molar-refractivity contribution is -0.128. The molecule has 0 bridgehead atoms. The number of alkyl halides is 2. The van der Waals surface area contributed by atoms with Crippen LogP contribution in [0.15, 0.2) is 0 Å². The number of hydrogen-bond acceptors (Lipinski definition) is 1. The Labute approximate surface area is 128 Å². The molecule has 0 aliphatic heterocycles. The van der Waals surface area contributed by atoms with Crippen LogP contribution in [0.2, 0.25) is 0 Å². The van der Waals surface area contributed by atoms with E-state index in [4.69, 9.17) is 0 Å². The molecule has 2 rings (SSSR count). The van der Waals surface area contributed by atoms with Gasteiger partial charge in [0.05, 0.1) is 0 Å². The van der Waals surface area contributed by atoms with E-state index in [1.54, 1.807) is 0 Å². The molecular formula is C17H31F2NO. The summed E-state index contributed by atoms with van der Waals surface area (Å²) in [4.78, 5) is 12.1. The molecule has 0 aromatic rings.